The van der Waals surface area contributed by atoms with Gasteiger partial charge < -0.3 is 19.9 Å². The van der Waals surface area contributed by atoms with Gasteiger partial charge in [-0.25, -0.2) is 4.98 Å². The number of methoxy groups -OCH3 is 1. The maximum absolute atomic E-state index is 5.64. The number of hydrogen-bond acceptors (Lipinski definition) is 6. The normalized spacial score (nSPS) is 10.9. The molecule has 1 aromatic rings. The lowest BCUT2D eigenvalue weighted by Gasteiger charge is -2.09. The number of aromatic nitrogens is 2. The highest BCUT2D eigenvalue weighted by molar-refractivity contribution is 5.32. The molecule has 0 saturated heterocycles. The second-order valence-corrected chi connectivity index (χ2v) is 4.30. The molecule has 0 aromatic carbocycles. The van der Waals surface area contributed by atoms with Crippen LogP contribution in [-0.2, 0) is 16.1 Å². The van der Waals surface area contributed by atoms with E-state index in [1.165, 1.54) is 0 Å². The van der Waals surface area contributed by atoms with Crippen LogP contribution >= 0.6 is 0 Å². The van der Waals surface area contributed by atoms with Gasteiger partial charge in [0.15, 0.2) is 5.82 Å². The van der Waals surface area contributed by atoms with Crippen molar-refractivity contribution in [2.24, 2.45) is 5.92 Å². The fourth-order valence-electron chi connectivity index (χ4n) is 1.28. The predicted octanol–water partition coefficient (Wildman–Crippen LogP) is 1.26. The molecule has 0 aliphatic rings. The Balaban J connectivity index is 2.37. The molecule has 6 nitrogen and oxygen atoms in total. The lowest BCUT2D eigenvalue weighted by atomic mass is 10.2. The molecule has 1 heterocycles. The van der Waals surface area contributed by atoms with E-state index in [9.17, 15) is 0 Å². The van der Waals surface area contributed by atoms with Crippen LogP contribution in [-0.4, -0.2) is 36.9 Å². The van der Waals surface area contributed by atoms with Crippen LogP contribution in [0.2, 0.25) is 0 Å². The minimum atomic E-state index is 0.311. The van der Waals surface area contributed by atoms with E-state index in [-0.39, 0.29) is 0 Å². The Hall–Kier alpha value is -1.40. The van der Waals surface area contributed by atoms with Crippen LogP contribution < -0.4 is 10.5 Å². The minimum Gasteiger partial charge on any atom is -0.475 e. The molecule has 0 atom stereocenters. The summed E-state index contributed by atoms with van der Waals surface area (Å²) in [6.07, 6.45) is 0. The molecule has 0 radical (unpaired) electrons. The Bertz CT molecular complexity index is 358. The third-order valence-corrected chi connectivity index (χ3v) is 1.97. The van der Waals surface area contributed by atoms with E-state index in [0.717, 1.165) is 6.61 Å². The third kappa shape index (κ3) is 5.79. The third-order valence-electron chi connectivity index (χ3n) is 1.97. The van der Waals surface area contributed by atoms with Gasteiger partial charge in [0.2, 0.25) is 5.88 Å². The topological polar surface area (TPSA) is 79.5 Å². The number of nitrogen functional groups attached to an aromatic ring is 1. The molecule has 102 valence electrons. The van der Waals surface area contributed by atoms with Gasteiger partial charge in [-0.1, -0.05) is 13.8 Å². The van der Waals surface area contributed by atoms with E-state index in [2.05, 4.69) is 23.8 Å². The largest absolute Gasteiger partial charge is 0.475 e. The van der Waals surface area contributed by atoms with Crippen LogP contribution in [0.25, 0.3) is 0 Å². The first-order chi connectivity index (χ1) is 8.61. The van der Waals surface area contributed by atoms with E-state index in [1.54, 1.807) is 13.2 Å². The number of anilines is 1. The summed E-state index contributed by atoms with van der Waals surface area (Å²) in [5, 5.41) is 0. The standard InChI is InChI=1S/C12H21N3O3/c1-9(2)7-17-4-5-18-12-6-10(13)14-11(15-12)8-16-3/h6,9H,4-5,7-8H2,1-3H3,(H2,13,14,15). The summed E-state index contributed by atoms with van der Waals surface area (Å²) in [4.78, 5) is 8.18. The zero-order chi connectivity index (χ0) is 13.4. The second kappa shape index (κ2) is 7.84. The van der Waals surface area contributed by atoms with Crippen LogP contribution in [0, 0.1) is 5.92 Å². The van der Waals surface area contributed by atoms with Gasteiger partial charge in [-0.15, -0.1) is 0 Å². The van der Waals surface area contributed by atoms with Gasteiger partial charge in [0.25, 0.3) is 0 Å². The fourth-order valence-corrected chi connectivity index (χ4v) is 1.28. The summed E-state index contributed by atoms with van der Waals surface area (Å²) in [5.74, 6) is 1.85. The van der Waals surface area contributed by atoms with Crippen molar-refractivity contribution in [2.45, 2.75) is 20.5 Å². The summed E-state index contributed by atoms with van der Waals surface area (Å²) in [7, 11) is 1.58. The van der Waals surface area contributed by atoms with Crippen molar-refractivity contribution in [3.05, 3.63) is 11.9 Å². The molecule has 0 amide bonds. The molecule has 0 spiro atoms. The molecule has 0 bridgehead atoms. The predicted molar refractivity (Wildman–Crippen MR) is 68.3 cm³/mol. The van der Waals surface area contributed by atoms with Crippen molar-refractivity contribution in [2.75, 3.05) is 32.7 Å². The average Bonchev–Trinajstić information content (AvgIpc) is 2.28. The van der Waals surface area contributed by atoms with Crippen molar-refractivity contribution in [3.63, 3.8) is 0 Å². The van der Waals surface area contributed by atoms with E-state index in [4.69, 9.17) is 19.9 Å². The van der Waals surface area contributed by atoms with Gasteiger partial charge >= 0.3 is 0 Å². The molecule has 0 aliphatic heterocycles. The maximum atomic E-state index is 5.64. The molecule has 0 saturated carbocycles. The summed E-state index contributed by atoms with van der Waals surface area (Å²) in [6, 6.07) is 1.58. The fraction of sp³-hybridized carbons (Fsp3) is 0.667. The van der Waals surface area contributed by atoms with E-state index in [1.807, 2.05) is 0 Å². The van der Waals surface area contributed by atoms with E-state index in [0.29, 0.717) is 43.3 Å². The van der Waals surface area contributed by atoms with Crippen LogP contribution in [0.4, 0.5) is 5.82 Å². The number of ether oxygens (including phenoxy) is 3. The molecule has 0 aliphatic carbocycles. The summed E-state index contributed by atoms with van der Waals surface area (Å²) >= 11 is 0. The highest BCUT2D eigenvalue weighted by Crippen LogP contribution is 2.11. The monoisotopic (exact) mass is 255 g/mol. The van der Waals surface area contributed by atoms with Gasteiger partial charge in [0.1, 0.15) is 19.0 Å². The Morgan fingerprint density at radius 2 is 2.06 bits per heavy atom. The van der Waals surface area contributed by atoms with Crippen molar-refractivity contribution >= 4 is 5.82 Å². The van der Waals surface area contributed by atoms with Crippen molar-refractivity contribution < 1.29 is 14.2 Å². The maximum Gasteiger partial charge on any atom is 0.218 e. The van der Waals surface area contributed by atoms with Gasteiger partial charge in [-0.05, 0) is 5.92 Å². The summed E-state index contributed by atoms with van der Waals surface area (Å²) in [5.41, 5.74) is 5.64. The zero-order valence-corrected chi connectivity index (χ0v) is 11.2. The molecular weight excluding hydrogens is 234 g/mol. The minimum absolute atomic E-state index is 0.311. The van der Waals surface area contributed by atoms with Crippen LogP contribution in [0.3, 0.4) is 0 Å². The lowest BCUT2D eigenvalue weighted by molar-refractivity contribution is 0.0803. The number of rotatable bonds is 8. The Morgan fingerprint density at radius 3 is 2.72 bits per heavy atom. The smallest absolute Gasteiger partial charge is 0.218 e. The summed E-state index contributed by atoms with van der Waals surface area (Å²) < 4.78 is 15.8. The number of nitrogens with two attached hydrogens (primary N) is 1. The van der Waals surface area contributed by atoms with Crippen molar-refractivity contribution in [3.8, 4) is 5.88 Å². The van der Waals surface area contributed by atoms with E-state index < -0.39 is 0 Å². The van der Waals surface area contributed by atoms with Gasteiger partial charge in [0.05, 0.1) is 6.61 Å². The Morgan fingerprint density at radius 1 is 1.28 bits per heavy atom. The highest BCUT2D eigenvalue weighted by atomic mass is 16.5. The molecular formula is C12H21N3O3. The molecule has 2 N–H and O–H groups in total. The molecule has 0 fully saturated rings. The number of hydrogen-bond donors (Lipinski definition) is 1. The molecule has 18 heavy (non-hydrogen) atoms. The zero-order valence-electron chi connectivity index (χ0n) is 11.2. The molecule has 1 aromatic heterocycles. The highest BCUT2D eigenvalue weighted by Gasteiger charge is 2.03. The molecule has 6 heteroatoms. The summed E-state index contributed by atoms with van der Waals surface area (Å²) in [6.45, 7) is 6.21. The SMILES string of the molecule is COCc1nc(N)cc(OCCOCC(C)C)n1. The first-order valence-electron chi connectivity index (χ1n) is 5.94. The Kier molecular flexibility index (Phi) is 6.38. The number of nitrogens with zero attached hydrogens (tertiary/aromatic N) is 2. The Labute approximate surface area is 107 Å². The van der Waals surface area contributed by atoms with Crippen molar-refractivity contribution in [1.82, 2.24) is 9.97 Å². The van der Waals surface area contributed by atoms with Gasteiger partial charge in [-0.2, -0.15) is 4.98 Å². The van der Waals surface area contributed by atoms with Crippen molar-refractivity contribution in [1.29, 1.82) is 0 Å². The second-order valence-electron chi connectivity index (χ2n) is 4.30. The van der Waals surface area contributed by atoms with Crippen LogP contribution in [0.5, 0.6) is 5.88 Å². The first kappa shape index (κ1) is 14.7. The first-order valence-corrected chi connectivity index (χ1v) is 5.94. The average molecular weight is 255 g/mol. The van der Waals surface area contributed by atoms with E-state index >= 15 is 0 Å². The quantitative estimate of drug-likeness (QED) is 0.704. The van der Waals surface area contributed by atoms with Gasteiger partial charge in [-0.3, -0.25) is 0 Å². The lowest BCUT2D eigenvalue weighted by Crippen LogP contribution is -2.12. The van der Waals surface area contributed by atoms with Gasteiger partial charge in [0, 0.05) is 19.8 Å². The van der Waals surface area contributed by atoms with Crippen LogP contribution in [0.1, 0.15) is 19.7 Å². The molecule has 1 rings (SSSR count). The van der Waals surface area contributed by atoms with Crippen LogP contribution in [0.15, 0.2) is 6.07 Å². The molecule has 0 unspecified atom stereocenters.